The van der Waals surface area contributed by atoms with E-state index in [1.165, 1.54) is 78.7 Å². The third kappa shape index (κ3) is 4.78. The molecule has 6 aromatic carbocycles. The van der Waals surface area contributed by atoms with Gasteiger partial charge < -0.3 is 9.47 Å². The van der Waals surface area contributed by atoms with Crippen LogP contribution in [0.3, 0.4) is 0 Å². The lowest BCUT2D eigenvalue weighted by atomic mass is 9.82. The monoisotopic (exact) mass is 642 g/mol. The van der Waals surface area contributed by atoms with Crippen molar-refractivity contribution in [2.45, 2.75) is 31.2 Å². The van der Waals surface area contributed by atoms with Crippen molar-refractivity contribution in [3.63, 3.8) is 0 Å². The van der Waals surface area contributed by atoms with E-state index in [4.69, 9.17) is 0 Å². The zero-order valence-electron chi connectivity index (χ0n) is 28.0. The Morgan fingerprint density at radius 2 is 1.14 bits per heavy atom. The van der Waals surface area contributed by atoms with Crippen LogP contribution < -0.4 is 4.90 Å². The summed E-state index contributed by atoms with van der Waals surface area (Å²) in [5.74, 6) is 0.758. The Hall–Kier alpha value is -5.86. The zero-order valence-corrected chi connectivity index (χ0v) is 28.0. The zero-order chi connectivity index (χ0) is 33.0. The summed E-state index contributed by atoms with van der Waals surface area (Å²) >= 11 is 0. The van der Waals surface area contributed by atoms with Crippen molar-refractivity contribution in [2.75, 3.05) is 4.90 Å². The van der Waals surface area contributed by atoms with Gasteiger partial charge in [0.25, 0.3) is 0 Å². The van der Waals surface area contributed by atoms with Gasteiger partial charge in [-0.25, -0.2) is 0 Å². The summed E-state index contributed by atoms with van der Waals surface area (Å²) in [6, 6.07) is 56.2. The number of nitrogens with zero attached hydrogens (tertiary/aromatic N) is 2. The molecule has 0 amide bonds. The molecule has 3 unspecified atom stereocenters. The molecular formula is C48H38N2. The van der Waals surface area contributed by atoms with E-state index < -0.39 is 0 Å². The highest BCUT2D eigenvalue weighted by Gasteiger charge is 2.41. The summed E-state index contributed by atoms with van der Waals surface area (Å²) in [6.07, 6.45) is 13.1. The van der Waals surface area contributed by atoms with Gasteiger partial charge >= 0.3 is 0 Å². The first-order valence-corrected chi connectivity index (χ1v) is 18.0. The van der Waals surface area contributed by atoms with Crippen LogP contribution in [0, 0.1) is 5.92 Å². The quantitative estimate of drug-likeness (QED) is 0.170. The molecule has 10 rings (SSSR count). The van der Waals surface area contributed by atoms with Crippen LogP contribution in [0.5, 0.6) is 0 Å². The molecule has 0 N–H and O–H groups in total. The Morgan fingerprint density at radius 3 is 1.86 bits per heavy atom. The molecule has 3 atom stereocenters. The van der Waals surface area contributed by atoms with Gasteiger partial charge in [0.05, 0.1) is 11.0 Å². The molecule has 2 heterocycles. The first-order chi connectivity index (χ1) is 24.8. The summed E-state index contributed by atoms with van der Waals surface area (Å²) < 4.78 is 2.45. The fraction of sp³-hybridized carbons (Fsp3) is 0.125. The van der Waals surface area contributed by atoms with Crippen LogP contribution in [0.2, 0.25) is 0 Å². The number of fused-ring (bicyclic) bond motifs is 5. The Balaban J connectivity index is 1.02. The summed E-state index contributed by atoms with van der Waals surface area (Å²) in [5.41, 5.74) is 14.4. The van der Waals surface area contributed by atoms with Crippen LogP contribution in [0.4, 0.5) is 5.69 Å². The second kappa shape index (κ2) is 11.9. The van der Waals surface area contributed by atoms with Crippen molar-refractivity contribution in [2.24, 2.45) is 5.92 Å². The lowest BCUT2D eigenvalue weighted by molar-refractivity contribution is 0.524. The molecule has 2 nitrogen and oxygen atoms in total. The predicted octanol–water partition coefficient (Wildman–Crippen LogP) is 12.3. The van der Waals surface area contributed by atoms with E-state index in [1.807, 2.05) is 0 Å². The summed E-state index contributed by atoms with van der Waals surface area (Å²) in [7, 11) is 0. The minimum atomic E-state index is 0.306. The van der Waals surface area contributed by atoms with Gasteiger partial charge in [0.15, 0.2) is 0 Å². The second-order valence-corrected chi connectivity index (χ2v) is 14.0. The lowest BCUT2D eigenvalue weighted by Crippen LogP contribution is -2.35. The van der Waals surface area contributed by atoms with Crippen LogP contribution in [0.15, 0.2) is 187 Å². The first kappa shape index (κ1) is 29.1. The molecule has 0 saturated heterocycles. The van der Waals surface area contributed by atoms with Crippen molar-refractivity contribution >= 4 is 27.5 Å². The molecule has 1 aromatic heterocycles. The number of para-hydroxylation sites is 1. The number of aromatic nitrogens is 1. The highest BCUT2D eigenvalue weighted by atomic mass is 15.2. The number of rotatable bonds is 5. The number of hydrogen-bond donors (Lipinski definition) is 0. The van der Waals surface area contributed by atoms with E-state index >= 15 is 0 Å². The minimum Gasteiger partial charge on any atom is -0.341 e. The molecule has 7 aromatic rings. The van der Waals surface area contributed by atoms with Crippen molar-refractivity contribution < 1.29 is 0 Å². The van der Waals surface area contributed by atoms with E-state index in [0.717, 1.165) is 12.8 Å². The fourth-order valence-electron chi connectivity index (χ4n) is 8.82. The Labute approximate surface area is 293 Å². The standard InChI is InChI=1S/C48H38N2/c1-3-11-33(12-4-1)35-19-25-39(26-20-35)49-45-17-9-7-15-41(45)43-29-23-37(31-47(43)49)38-24-30-44-42-16-8-10-18-46(42)50(48(44)32-38)40-27-21-36(22-28-40)34-13-5-2-6-14-34/h1-9,11-17,19-31,38,42,46H,10,18,32H2. The average molecular weight is 643 g/mol. The summed E-state index contributed by atoms with van der Waals surface area (Å²) in [4.78, 5) is 2.69. The molecule has 0 bridgehead atoms. The van der Waals surface area contributed by atoms with Crippen LogP contribution in [0.25, 0.3) is 49.7 Å². The molecule has 240 valence electrons. The Morgan fingerprint density at radius 1 is 0.520 bits per heavy atom. The van der Waals surface area contributed by atoms with E-state index in [-0.39, 0.29) is 0 Å². The third-order valence-corrected chi connectivity index (χ3v) is 11.2. The smallest absolute Gasteiger partial charge is 0.0544 e. The SMILES string of the molecule is C1=CC2C3=C(CC(c4ccc5c6ccccc6n(-c6ccc(-c7ccccc7)cc6)c5c4)C=C3)N(c3ccc(-c4ccccc4)cc3)C2CC1. The average Bonchev–Trinajstić information content (AvgIpc) is 3.71. The largest absolute Gasteiger partial charge is 0.341 e. The predicted molar refractivity (Wildman–Crippen MR) is 210 cm³/mol. The topological polar surface area (TPSA) is 8.17 Å². The highest BCUT2D eigenvalue weighted by Crippen LogP contribution is 2.49. The van der Waals surface area contributed by atoms with Crippen molar-refractivity contribution in [1.82, 2.24) is 4.57 Å². The fourth-order valence-corrected chi connectivity index (χ4v) is 8.82. The molecule has 0 radical (unpaired) electrons. The minimum absolute atomic E-state index is 0.306. The van der Waals surface area contributed by atoms with E-state index in [0.29, 0.717) is 17.9 Å². The van der Waals surface area contributed by atoms with Crippen molar-refractivity contribution in [3.8, 4) is 27.9 Å². The van der Waals surface area contributed by atoms with E-state index in [2.05, 4.69) is 185 Å². The molecule has 0 saturated carbocycles. The van der Waals surface area contributed by atoms with Crippen LogP contribution >= 0.6 is 0 Å². The van der Waals surface area contributed by atoms with Gasteiger partial charge in [-0.3, -0.25) is 0 Å². The lowest BCUT2D eigenvalue weighted by Gasteiger charge is -2.34. The molecular weight excluding hydrogens is 605 g/mol. The number of benzene rings is 6. The summed E-state index contributed by atoms with van der Waals surface area (Å²) in [6.45, 7) is 0. The van der Waals surface area contributed by atoms with Gasteiger partial charge in [-0.05, 0) is 89.1 Å². The number of anilines is 1. The van der Waals surface area contributed by atoms with Crippen LogP contribution in [0.1, 0.15) is 30.7 Å². The second-order valence-electron chi connectivity index (χ2n) is 14.0. The van der Waals surface area contributed by atoms with Gasteiger partial charge in [-0.2, -0.15) is 0 Å². The first-order valence-electron chi connectivity index (χ1n) is 18.0. The highest BCUT2D eigenvalue weighted by molar-refractivity contribution is 6.09. The molecule has 50 heavy (non-hydrogen) atoms. The summed E-state index contributed by atoms with van der Waals surface area (Å²) in [5, 5.41) is 2.59. The van der Waals surface area contributed by atoms with Gasteiger partial charge in [0.2, 0.25) is 0 Å². The van der Waals surface area contributed by atoms with Crippen molar-refractivity contribution in [3.05, 3.63) is 193 Å². The van der Waals surface area contributed by atoms with Gasteiger partial charge in [0, 0.05) is 45.7 Å². The van der Waals surface area contributed by atoms with Crippen LogP contribution in [-0.2, 0) is 0 Å². The molecule has 2 aliphatic carbocycles. The molecule has 0 fully saturated rings. The third-order valence-electron chi connectivity index (χ3n) is 11.2. The number of allylic oxidation sites excluding steroid dienone is 4. The maximum Gasteiger partial charge on any atom is 0.0544 e. The van der Waals surface area contributed by atoms with E-state index in [1.54, 1.807) is 0 Å². The molecule has 0 spiro atoms. The van der Waals surface area contributed by atoms with E-state index in [9.17, 15) is 0 Å². The Kier molecular flexibility index (Phi) is 6.94. The van der Waals surface area contributed by atoms with Gasteiger partial charge in [-0.1, -0.05) is 140 Å². The molecule has 1 aliphatic heterocycles. The Bertz CT molecular complexity index is 2440. The van der Waals surface area contributed by atoms with Gasteiger partial charge in [0.1, 0.15) is 0 Å². The van der Waals surface area contributed by atoms with Crippen molar-refractivity contribution in [1.29, 1.82) is 0 Å². The molecule has 3 aliphatic rings. The maximum absolute atomic E-state index is 2.69. The normalized spacial score (nSPS) is 19.7. The van der Waals surface area contributed by atoms with Gasteiger partial charge in [-0.15, -0.1) is 0 Å². The maximum atomic E-state index is 2.69. The van der Waals surface area contributed by atoms with Crippen LogP contribution in [-0.4, -0.2) is 10.6 Å². The molecule has 2 heteroatoms. The number of hydrogen-bond acceptors (Lipinski definition) is 1.